The van der Waals surface area contributed by atoms with E-state index < -0.39 is 9.85 Å². The van der Waals surface area contributed by atoms with Gasteiger partial charge in [-0.2, -0.15) is 0 Å². The molecule has 0 aliphatic heterocycles. The smallest absolute Gasteiger partial charge is 0.285 e. The molecule has 0 saturated heterocycles. The molecule has 6 aromatic carbocycles. The van der Waals surface area contributed by atoms with Gasteiger partial charge >= 0.3 is 0 Å². The lowest BCUT2D eigenvalue weighted by Gasteiger charge is -2.23. The maximum absolute atomic E-state index is 13.5. The summed E-state index contributed by atoms with van der Waals surface area (Å²) in [4.78, 5) is 50.3. The highest BCUT2D eigenvalue weighted by molar-refractivity contribution is 6.29. The normalized spacial score (nSPS) is 12.8. The Morgan fingerprint density at radius 3 is 1.79 bits per heavy atom. The summed E-state index contributed by atoms with van der Waals surface area (Å²) in [6, 6.07) is 27.1. The van der Waals surface area contributed by atoms with Gasteiger partial charge in [-0.1, -0.05) is 60.7 Å². The Kier molecular flexibility index (Phi) is 4.68. The Balaban J connectivity index is 1.52. The van der Waals surface area contributed by atoms with Gasteiger partial charge < -0.3 is 0 Å². The van der Waals surface area contributed by atoms with Crippen molar-refractivity contribution >= 4 is 44.5 Å². The third kappa shape index (κ3) is 3.06. The number of hydrogen-bond acceptors (Lipinski definition) is 6. The van der Waals surface area contributed by atoms with E-state index in [1.807, 2.05) is 30.3 Å². The molecular weight excluding hydrogens is 532 g/mol. The van der Waals surface area contributed by atoms with Gasteiger partial charge in [0.1, 0.15) is 0 Å². The zero-order valence-corrected chi connectivity index (χ0v) is 21.6. The first-order valence-corrected chi connectivity index (χ1v) is 13.1. The Hall–Kier alpha value is -6.02. The van der Waals surface area contributed by atoms with E-state index in [1.54, 1.807) is 48.5 Å². The summed E-state index contributed by atoms with van der Waals surface area (Å²) < 4.78 is 0. The van der Waals surface area contributed by atoms with E-state index in [2.05, 4.69) is 0 Å². The van der Waals surface area contributed by atoms with Crippen molar-refractivity contribution in [3.63, 3.8) is 0 Å². The van der Waals surface area contributed by atoms with Crippen LogP contribution in [-0.2, 0) is 0 Å². The number of non-ortho nitro benzene ring substituents is 1. The monoisotopic (exact) mass is 548 g/mol. The van der Waals surface area contributed by atoms with Crippen molar-refractivity contribution in [2.24, 2.45) is 0 Å². The molecular formula is C34H16N2O6. The van der Waals surface area contributed by atoms with Crippen LogP contribution in [0.2, 0.25) is 0 Å². The molecule has 0 bridgehead atoms. The first-order valence-electron chi connectivity index (χ1n) is 13.1. The SMILES string of the molecule is O=C1c2ccccc2-c2cc(-c3cc4cccc5c4c(c3[N+](=O)[O-])-c3cc([N+](=O)[O-])ccc3C5=O)cc3cccc1c23. The average molecular weight is 549 g/mol. The Morgan fingerprint density at radius 2 is 1.10 bits per heavy atom. The van der Waals surface area contributed by atoms with E-state index in [-0.39, 0.29) is 39.6 Å². The molecule has 0 N–H and O–H groups in total. The fraction of sp³-hybridized carbons (Fsp3) is 0. The van der Waals surface area contributed by atoms with Crippen molar-refractivity contribution in [3.05, 3.63) is 140 Å². The zero-order valence-electron chi connectivity index (χ0n) is 21.6. The second-order valence-corrected chi connectivity index (χ2v) is 10.4. The molecule has 0 saturated carbocycles. The third-order valence-corrected chi connectivity index (χ3v) is 8.29. The van der Waals surface area contributed by atoms with Gasteiger partial charge in [-0.25, -0.2) is 0 Å². The number of rotatable bonds is 3. The molecule has 198 valence electrons. The first kappa shape index (κ1) is 23.8. The topological polar surface area (TPSA) is 120 Å². The number of benzene rings is 6. The van der Waals surface area contributed by atoms with Gasteiger partial charge in [0.2, 0.25) is 0 Å². The molecule has 2 aliphatic carbocycles. The fourth-order valence-corrected chi connectivity index (χ4v) is 6.55. The van der Waals surface area contributed by atoms with Gasteiger partial charge in [-0.3, -0.25) is 29.8 Å². The van der Waals surface area contributed by atoms with E-state index >= 15 is 0 Å². The molecule has 0 amide bonds. The van der Waals surface area contributed by atoms with Crippen LogP contribution in [0.5, 0.6) is 0 Å². The molecule has 0 spiro atoms. The van der Waals surface area contributed by atoms with Gasteiger partial charge in [0, 0.05) is 50.7 Å². The van der Waals surface area contributed by atoms with E-state index in [9.17, 15) is 29.8 Å². The van der Waals surface area contributed by atoms with E-state index in [1.165, 1.54) is 18.2 Å². The number of hydrogen-bond donors (Lipinski definition) is 0. The Morgan fingerprint density at radius 1 is 0.476 bits per heavy atom. The van der Waals surface area contributed by atoms with Gasteiger partial charge in [0.25, 0.3) is 11.4 Å². The average Bonchev–Trinajstić information content (AvgIpc) is 3.00. The molecule has 2 aliphatic rings. The van der Waals surface area contributed by atoms with Crippen molar-refractivity contribution < 1.29 is 19.4 Å². The number of nitro groups is 2. The minimum absolute atomic E-state index is 0.0760. The predicted octanol–water partition coefficient (Wildman–Crippen LogP) is 7.90. The number of nitrogens with zero attached hydrogens (tertiary/aromatic N) is 2. The molecule has 8 heteroatoms. The maximum atomic E-state index is 13.5. The van der Waals surface area contributed by atoms with Crippen LogP contribution in [0.3, 0.4) is 0 Å². The predicted molar refractivity (Wildman–Crippen MR) is 158 cm³/mol. The summed E-state index contributed by atoms with van der Waals surface area (Å²) in [5.41, 5.74) is 3.83. The van der Waals surface area contributed by atoms with E-state index in [4.69, 9.17) is 0 Å². The summed E-state index contributed by atoms with van der Waals surface area (Å²) in [7, 11) is 0. The van der Waals surface area contributed by atoms with E-state index in [0.29, 0.717) is 38.6 Å². The van der Waals surface area contributed by atoms with Crippen LogP contribution < -0.4 is 0 Å². The van der Waals surface area contributed by atoms with Crippen LogP contribution >= 0.6 is 0 Å². The molecule has 0 radical (unpaired) electrons. The molecule has 42 heavy (non-hydrogen) atoms. The molecule has 0 unspecified atom stereocenters. The molecule has 0 aromatic heterocycles. The number of fused-ring (bicyclic) bond motifs is 4. The quantitative estimate of drug-likeness (QED) is 0.163. The lowest BCUT2D eigenvalue weighted by molar-refractivity contribution is -0.384. The van der Waals surface area contributed by atoms with Crippen LogP contribution in [0.25, 0.3) is 54.9 Å². The van der Waals surface area contributed by atoms with Gasteiger partial charge in [0.05, 0.1) is 21.0 Å². The number of carbonyl (C=O) groups is 2. The number of nitro benzene ring substituents is 2. The Bertz CT molecular complexity index is 2300. The van der Waals surface area contributed by atoms with Crippen LogP contribution in [0.15, 0.2) is 97.1 Å². The second kappa shape index (κ2) is 8.25. The number of ketones is 2. The molecule has 0 heterocycles. The van der Waals surface area contributed by atoms with Crippen molar-refractivity contribution in [3.8, 4) is 33.4 Å². The first-order chi connectivity index (χ1) is 20.3. The second-order valence-electron chi connectivity index (χ2n) is 10.4. The van der Waals surface area contributed by atoms with Crippen LogP contribution in [-0.4, -0.2) is 21.4 Å². The van der Waals surface area contributed by atoms with Crippen LogP contribution in [0.4, 0.5) is 11.4 Å². The van der Waals surface area contributed by atoms with Crippen molar-refractivity contribution in [1.29, 1.82) is 0 Å². The number of carbonyl (C=O) groups excluding carboxylic acids is 2. The van der Waals surface area contributed by atoms with Crippen molar-refractivity contribution in [2.75, 3.05) is 0 Å². The lowest BCUT2D eigenvalue weighted by Crippen LogP contribution is -2.12. The summed E-state index contributed by atoms with van der Waals surface area (Å²) in [5.74, 6) is -0.419. The Labute approximate surface area is 236 Å². The van der Waals surface area contributed by atoms with Crippen LogP contribution in [0.1, 0.15) is 31.8 Å². The van der Waals surface area contributed by atoms with E-state index in [0.717, 1.165) is 21.9 Å². The highest BCUT2D eigenvalue weighted by Gasteiger charge is 2.35. The van der Waals surface area contributed by atoms with Gasteiger partial charge in [-0.05, 0) is 51.7 Å². The maximum Gasteiger partial charge on any atom is 0.285 e. The largest absolute Gasteiger partial charge is 0.289 e. The summed E-state index contributed by atoms with van der Waals surface area (Å²) >= 11 is 0. The molecule has 0 atom stereocenters. The summed E-state index contributed by atoms with van der Waals surface area (Å²) in [5, 5.41) is 27.1. The lowest BCUT2D eigenvalue weighted by atomic mass is 9.78. The zero-order chi connectivity index (χ0) is 28.9. The van der Waals surface area contributed by atoms with Crippen LogP contribution in [0, 0.1) is 20.2 Å². The fourth-order valence-electron chi connectivity index (χ4n) is 6.55. The summed E-state index contributed by atoms with van der Waals surface area (Å²) in [6.45, 7) is 0. The highest BCUT2D eigenvalue weighted by atomic mass is 16.6. The standard InChI is InChI=1S/C34H16N2O6/c37-33-22-8-2-1-7-21(22)27-15-19(13-17-5-3-9-24(33)29(17)27)26-14-18-6-4-10-25-30(18)31(32(26)36(41)42)28-16-20(35(39)40)11-12-23(28)34(25)38/h1-16H. The molecule has 8 nitrogen and oxygen atoms in total. The van der Waals surface area contributed by atoms with Crippen molar-refractivity contribution in [1.82, 2.24) is 0 Å². The molecule has 8 rings (SSSR count). The molecule has 0 fully saturated rings. The van der Waals surface area contributed by atoms with Crippen molar-refractivity contribution in [2.45, 2.75) is 0 Å². The third-order valence-electron chi connectivity index (χ3n) is 8.29. The van der Waals surface area contributed by atoms with Gasteiger partial charge in [-0.15, -0.1) is 0 Å². The molecule has 6 aromatic rings. The minimum atomic E-state index is -0.581. The summed E-state index contributed by atoms with van der Waals surface area (Å²) in [6.07, 6.45) is 0. The van der Waals surface area contributed by atoms with Gasteiger partial charge in [0.15, 0.2) is 11.6 Å². The minimum Gasteiger partial charge on any atom is -0.289 e. The highest BCUT2D eigenvalue weighted by Crippen LogP contribution is 2.51.